The van der Waals surface area contributed by atoms with E-state index in [1.54, 1.807) is 35.2 Å². The average molecular weight is 401 g/mol. The molecular formula is C22H28N2O3S. The van der Waals surface area contributed by atoms with Crippen molar-refractivity contribution >= 4 is 23.2 Å². The summed E-state index contributed by atoms with van der Waals surface area (Å²) in [6.45, 7) is 4.93. The Kier molecular flexibility index (Phi) is 6.20. The summed E-state index contributed by atoms with van der Waals surface area (Å²) < 4.78 is 6.14. The molecule has 150 valence electrons. The molecule has 0 spiro atoms. The highest BCUT2D eigenvalue weighted by Crippen LogP contribution is 2.32. The molecule has 1 unspecified atom stereocenters. The number of morpholine rings is 1. The third kappa shape index (κ3) is 4.13. The van der Waals surface area contributed by atoms with E-state index in [0.717, 1.165) is 16.7 Å². The molecule has 1 aliphatic heterocycles. The molecule has 1 aromatic carbocycles. The quantitative estimate of drug-likeness (QED) is 0.774. The zero-order valence-electron chi connectivity index (χ0n) is 17.0. The highest BCUT2D eigenvalue weighted by atomic mass is 32.1. The minimum Gasteiger partial charge on any atom is -0.361 e. The maximum atomic E-state index is 13.2. The van der Waals surface area contributed by atoms with Crippen LogP contribution in [-0.2, 0) is 20.7 Å². The Hall–Kier alpha value is -2.18. The number of nitrogens with zero attached hydrogens (tertiary/aromatic N) is 2. The molecule has 1 aromatic heterocycles. The van der Waals surface area contributed by atoms with Crippen LogP contribution in [0.5, 0.6) is 0 Å². The minimum atomic E-state index is -1.07. The van der Waals surface area contributed by atoms with Gasteiger partial charge in [-0.15, -0.1) is 0 Å². The first-order valence-corrected chi connectivity index (χ1v) is 10.5. The Balaban J connectivity index is 1.98. The van der Waals surface area contributed by atoms with E-state index in [0.29, 0.717) is 19.6 Å². The number of carbonyl (C=O) groups is 2. The minimum absolute atomic E-state index is 0.0605. The summed E-state index contributed by atoms with van der Waals surface area (Å²) in [6.07, 6.45) is 0.428. The van der Waals surface area contributed by atoms with Gasteiger partial charge in [0.1, 0.15) is 0 Å². The first kappa shape index (κ1) is 20.6. The van der Waals surface area contributed by atoms with Gasteiger partial charge in [-0.1, -0.05) is 38.1 Å². The second-order valence-corrected chi connectivity index (χ2v) is 8.58. The largest absolute Gasteiger partial charge is 0.361 e. The maximum Gasteiger partial charge on any atom is 0.256 e. The molecule has 0 aliphatic carbocycles. The van der Waals surface area contributed by atoms with Crippen molar-refractivity contribution in [1.82, 2.24) is 9.80 Å². The summed E-state index contributed by atoms with van der Waals surface area (Å²) in [7, 11) is 3.48. The van der Waals surface area contributed by atoms with Gasteiger partial charge in [-0.05, 0) is 33.5 Å². The summed E-state index contributed by atoms with van der Waals surface area (Å²) in [5.74, 6) is -0.150. The Labute approximate surface area is 170 Å². The van der Waals surface area contributed by atoms with Crippen LogP contribution in [0.15, 0.2) is 41.1 Å². The number of amides is 2. The number of thiophene rings is 1. The number of hydrogen-bond acceptors (Lipinski definition) is 4. The molecule has 0 bridgehead atoms. The van der Waals surface area contributed by atoms with Crippen molar-refractivity contribution in [2.45, 2.75) is 25.9 Å². The predicted octanol–water partition coefficient (Wildman–Crippen LogP) is 3.30. The van der Waals surface area contributed by atoms with Crippen molar-refractivity contribution in [3.63, 3.8) is 0 Å². The van der Waals surface area contributed by atoms with Gasteiger partial charge in [0.25, 0.3) is 5.91 Å². The zero-order valence-corrected chi connectivity index (χ0v) is 17.8. The van der Waals surface area contributed by atoms with Gasteiger partial charge in [0.15, 0.2) is 5.60 Å². The first-order chi connectivity index (χ1) is 13.3. The van der Waals surface area contributed by atoms with E-state index in [9.17, 15) is 9.59 Å². The van der Waals surface area contributed by atoms with Crippen molar-refractivity contribution in [2.75, 3.05) is 33.8 Å². The molecule has 28 heavy (non-hydrogen) atoms. The van der Waals surface area contributed by atoms with Crippen molar-refractivity contribution < 1.29 is 14.3 Å². The van der Waals surface area contributed by atoms with Gasteiger partial charge in [-0.25, -0.2) is 0 Å². The van der Waals surface area contributed by atoms with E-state index >= 15 is 0 Å². The fraction of sp³-hybridized carbons (Fsp3) is 0.455. The fourth-order valence-corrected chi connectivity index (χ4v) is 4.39. The van der Waals surface area contributed by atoms with Crippen LogP contribution in [0.4, 0.5) is 0 Å². The number of likely N-dealkylation sites (N-methyl/N-ethyl adjacent to an activating group) is 1. The van der Waals surface area contributed by atoms with Crippen molar-refractivity contribution in [3.8, 4) is 11.1 Å². The van der Waals surface area contributed by atoms with E-state index in [1.165, 1.54) is 0 Å². The molecule has 1 aliphatic rings. The van der Waals surface area contributed by atoms with Crippen LogP contribution in [0.2, 0.25) is 0 Å². The molecule has 3 rings (SSSR count). The predicted molar refractivity (Wildman–Crippen MR) is 112 cm³/mol. The Morgan fingerprint density at radius 1 is 1.25 bits per heavy atom. The second kappa shape index (κ2) is 8.45. The van der Waals surface area contributed by atoms with Crippen molar-refractivity contribution in [1.29, 1.82) is 0 Å². The van der Waals surface area contributed by atoms with Crippen LogP contribution in [0.1, 0.15) is 19.4 Å². The maximum absolute atomic E-state index is 13.2. The topological polar surface area (TPSA) is 49.9 Å². The van der Waals surface area contributed by atoms with Gasteiger partial charge in [0, 0.05) is 33.0 Å². The molecule has 0 saturated carbocycles. The third-order valence-corrected chi connectivity index (χ3v) is 5.80. The Morgan fingerprint density at radius 3 is 2.64 bits per heavy atom. The van der Waals surface area contributed by atoms with Gasteiger partial charge in [0.2, 0.25) is 5.91 Å². The smallest absolute Gasteiger partial charge is 0.256 e. The summed E-state index contributed by atoms with van der Waals surface area (Å²) in [5, 5.41) is 4.16. The molecular weight excluding hydrogens is 372 g/mol. The molecule has 2 aromatic rings. The molecule has 0 N–H and O–H groups in total. The van der Waals surface area contributed by atoms with Crippen molar-refractivity contribution in [3.05, 3.63) is 46.7 Å². The van der Waals surface area contributed by atoms with Crippen LogP contribution in [0.3, 0.4) is 0 Å². The monoisotopic (exact) mass is 400 g/mol. The average Bonchev–Trinajstić information content (AvgIpc) is 3.21. The number of carbonyl (C=O) groups excluding carboxylic acids is 2. The standard InChI is InChI=1S/C22H28N2O3S/c1-16(2)20(25)24-10-11-27-22(15-24,21(26)23(3)4)13-17-7-5-6-8-19(17)18-9-12-28-14-18/h5-9,12,14,16H,10-11,13,15H2,1-4H3. The van der Waals surface area contributed by atoms with Crippen LogP contribution in [-0.4, -0.2) is 61.0 Å². The summed E-state index contributed by atoms with van der Waals surface area (Å²) in [4.78, 5) is 29.2. The van der Waals surface area contributed by atoms with Crippen LogP contribution in [0.25, 0.3) is 11.1 Å². The SMILES string of the molecule is CC(C)C(=O)N1CCOC(Cc2ccccc2-c2ccsc2)(C(=O)N(C)C)C1. The number of hydrogen-bond donors (Lipinski definition) is 0. The molecule has 2 amide bonds. The lowest BCUT2D eigenvalue weighted by atomic mass is 9.87. The highest BCUT2D eigenvalue weighted by Gasteiger charge is 2.46. The Morgan fingerprint density at radius 2 is 2.00 bits per heavy atom. The van der Waals surface area contributed by atoms with Gasteiger partial charge >= 0.3 is 0 Å². The molecule has 2 heterocycles. The van der Waals surface area contributed by atoms with Crippen LogP contribution < -0.4 is 0 Å². The van der Waals surface area contributed by atoms with Crippen LogP contribution in [0, 0.1) is 5.92 Å². The van der Waals surface area contributed by atoms with E-state index in [4.69, 9.17) is 4.74 Å². The Bertz CT molecular complexity index is 832. The zero-order chi connectivity index (χ0) is 20.3. The third-order valence-electron chi connectivity index (χ3n) is 5.11. The lowest BCUT2D eigenvalue weighted by molar-refractivity contribution is -0.173. The number of rotatable bonds is 5. The second-order valence-electron chi connectivity index (χ2n) is 7.80. The molecule has 0 radical (unpaired) electrons. The first-order valence-electron chi connectivity index (χ1n) is 9.59. The normalized spacial score (nSPS) is 19.7. The molecule has 5 nitrogen and oxygen atoms in total. The van der Waals surface area contributed by atoms with Gasteiger partial charge in [-0.2, -0.15) is 11.3 Å². The molecule has 1 fully saturated rings. The summed E-state index contributed by atoms with van der Waals surface area (Å²) in [6, 6.07) is 10.2. The van der Waals surface area contributed by atoms with Gasteiger partial charge in [-0.3, -0.25) is 9.59 Å². The molecule has 6 heteroatoms. The fourth-order valence-electron chi connectivity index (χ4n) is 3.74. The molecule has 1 atom stereocenters. The van der Waals surface area contributed by atoms with E-state index in [2.05, 4.69) is 17.5 Å². The highest BCUT2D eigenvalue weighted by molar-refractivity contribution is 7.08. The van der Waals surface area contributed by atoms with E-state index < -0.39 is 5.60 Å². The van der Waals surface area contributed by atoms with E-state index in [-0.39, 0.29) is 24.3 Å². The lowest BCUT2D eigenvalue weighted by Crippen LogP contribution is -2.62. The van der Waals surface area contributed by atoms with Gasteiger partial charge in [0.05, 0.1) is 13.2 Å². The van der Waals surface area contributed by atoms with Gasteiger partial charge < -0.3 is 14.5 Å². The van der Waals surface area contributed by atoms with Crippen molar-refractivity contribution in [2.24, 2.45) is 5.92 Å². The summed E-state index contributed by atoms with van der Waals surface area (Å²) >= 11 is 1.65. The number of benzene rings is 1. The van der Waals surface area contributed by atoms with E-state index in [1.807, 2.05) is 37.4 Å². The van der Waals surface area contributed by atoms with Crippen LogP contribution >= 0.6 is 11.3 Å². The lowest BCUT2D eigenvalue weighted by Gasteiger charge is -2.43. The summed E-state index contributed by atoms with van der Waals surface area (Å²) in [5.41, 5.74) is 2.22. The number of ether oxygens (including phenoxy) is 1. The molecule has 1 saturated heterocycles.